The van der Waals surface area contributed by atoms with Crippen molar-refractivity contribution in [2.45, 2.75) is 17.7 Å². The number of hydrogen-bond acceptors (Lipinski definition) is 1. The van der Waals surface area contributed by atoms with Gasteiger partial charge < -0.3 is 5.11 Å². The van der Waals surface area contributed by atoms with Crippen LogP contribution < -0.4 is 0 Å². The molecule has 140 valence electrons. The minimum absolute atomic E-state index is 0.542. The van der Waals surface area contributed by atoms with Gasteiger partial charge in [-0.25, -0.2) is 0 Å². The van der Waals surface area contributed by atoms with Gasteiger partial charge in [0.15, 0.2) is 5.60 Å². The van der Waals surface area contributed by atoms with Crippen molar-refractivity contribution in [2.75, 3.05) is 0 Å². The van der Waals surface area contributed by atoms with Gasteiger partial charge in [0.25, 0.3) is 0 Å². The highest BCUT2D eigenvalue weighted by Gasteiger charge is 2.71. The van der Waals surface area contributed by atoms with Crippen LogP contribution in [0.5, 0.6) is 0 Å². The fraction of sp³-hybridized carbons (Fsp3) is 0.143. The van der Waals surface area contributed by atoms with Crippen molar-refractivity contribution < 1.29 is 27.1 Å². The summed E-state index contributed by atoms with van der Waals surface area (Å²) in [6.07, 6.45) is -5.93. The Kier molecular flexibility index (Phi) is 4.78. The Hall–Kier alpha value is -2.73. The third-order valence-corrected chi connectivity index (χ3v) is 4.41. The molecule has 0 saturated carbocycles. The molecular formula is C21H15F5O. The van der Waals surface area contributed by atoms with Crippen molar-refractivity contribution in [2.24, 2.45) is 0 Å². The minimum atomic E-state index is -5.93. The molecule has 0 aromatic heterocycles. The van der Waals surface area contributed by atoms with Crippen LogP contribution in [0.3, 0.4) is 0 Å². The summed E-state index contributed by atoms with van der Waals surface area (Å²) in [5.74, 6) is -5.39. The normalized spacial score (nSPS) is 14.6. The predicted octanol–water partition coefficient (Wildman–Crippen LogP) is 5.79. The van der Waals surface area contributed by atoms with E-state index < -0.39 is 28.8 Å². The average molecular weight is 378 g/mol. The van der Waals surface area contributed by atoms with Crippen LogP contribution in [0.25, 0.3) is 11.1 Å². The van der Waals surface area contributed by atoms with Crippen LogP contribution in [0, 0.1) is 0 Å². The molecule has 0 aliphatic carbocycles. The Labute approximate surface area is 152 Å². The molecule has 6 heteroatoms. The molecule has 3 aromatic carbocycles. The van der Waals surface area contributed by atoms with Gasteiger partial charge in [-0.2, -0.15) is 22.0 Å². The van der Waals surface area contributed by atoms with Crippen LogP contribution in [0.2, 0.25) is 0 Å². The molecule has 1 N–H and O–H groups in total. The van der Waals surface area contributed by atoms with Crippen molar-refractivity contribution in [1.82, 2.24) is 0 Å². The largest absolute Gasteiger partial charge is 0.457 e. The maximum atomic E-state index is 14.4. The molecule has 0 aliphatic heterocycles. The van der Waals surface area contributed by atoms with Crippen LogP contribution >= 0.6 is 0 Å². The molecule has 0 radical (unpaired) electrons. The molecule has 0 saturated heterocycles. The third kappa shape index (κ3) is 3.21. The standard InChI is InChI=1S/C21H15F5O/c22-20(23,21(24,25)26)19(27,17-9-5-2-6-10-17)18-13-11-16(12-14-18)15-7-3-1-4-8-15/h1-14,27H. The molecule has 1 atom stereocenters. The Balaban J connectivity index is 2.15. The molecule has 0 fully saturated rings. The van der Waals surface area contributed by atoms with E-state index in [4.69, 9.17) is 0 Å². The SMILES string of the molecule is OC(c1ccccc1)(c1ccc(-c2ccccc2)cc1)C(F)(F)C(F)(F)F. The second kappa shape index (κ2) is 6.78. The van der Waals surface area contributed by atoms with Crippen molar-refractivity contribution in [1.29, 1.82) is 0 Å². The van der Waals surface area contributed by atoms with Gasteiger partial charge in [0.1, 0.15) is 0 Å². The highest BCUT2D eigenvalue weighted by atomic mass is 19.4. The molecule has 0 heterocycles. The molecule has 27 heavy (non-hydrogen) atoms. The first kappa shape index (κ1) is 19.0. The molecule has 0 aliphatic rings. The quantitative estimate of drug-likeness (QED) is 0.570. The van der Waals surface area contributed by atoms with Gasteiger partial charge in [0, 0.05) is 0 Å². The van der Waals surface area contributed by atoms with Gasteiger partial charge in [-0.15, -0.1) is 0 Å². The first-order chi connectivity index (χ1) is 12.7. The lowest BCUT2D eigenvalue weighted by atomic mass is 9.80. The molecule has 1 nitrogen and oxygen atoms in total. The van der Waals surface area contributed by atoms with Crippen LogP contribution in [-0.2, 0) is 5.60 Å². The monoisotopic (exact) mass is 378 g/mol. The summed E-state index contributed by atoms with van der Waals surface area (Å²) in [6, 6.07) is 20.1. The topological polar surface area (TPSA) is 20.2 Å². The summed E-state index contributed by atoms with van der Waals surface area (Å²) in [7, 11) is 0. The van der Waals surface area contributed by atoms with Crippen LogP contribution in [0.1, 0.15) is 11.1 Å². The van der Waals surface area contributed by atoms with E-state index in [1.165, 1.54) is 30.3 Å². The zero-order valence-electron chi connectivity index (χ0n) is 13.9. The van der Waals surface area contributed by atoms with Gasteiger partial charge in [0.05, 0.1) is 0 Å². The molecule has 0 amide bonds. The summed E-state index contributed by atoms with van der Waals surface area (Å²) in [6.45, 7) is 0. The van der Waals surface area contributed by atoms with Crippen LogP contribution in [0.4, 0.5) is 22.0 Å². The first-order valence-electron chi connectivity index (χ1n) is 8.06. The van der Waals surface area contributed by atoms with E-state index >= 15 is 0 Å². The van der Waals surface area contributed by atoms with Crippen molar-refractivity contribution in [3.8, 4) is 11.1 Å². The van der Waals surface area contributed by atoms with Crippen molar-refractivity contribution in [3.05, 3.63) is 96.1 Å². The maximum absolute atomic E-state index is 14.4. The highest BCUT2D eigenvalue weighted by Crippen LogP contribution is 2.51. The Morgan fingerprint density at radius 1 is 0.519 bits per heavy atom. The van der Waals surface area contributed by atoms with Crippen molar-refractivity contribution in [3.63, 3.8) is 0 Å². The summed E-state index contributed by atoms with van der Waals surface area (Å²) < 4.78 is 68.2. The lowest BCUT2D eigenvalue weighted by Gasteiger charge is -2.37. The Morgan fingerprint density at radius 2 is 0.926 bits per heavy atom. The summed E-state index contributed by atoms with van der Waals surface area (Å²) in [4.78, 5) is 0. The first-order valence-corrected chi connectivity index (χ1v) is 8.06. The molecule has 3 aromatic rings. The zero-order valence-corrected chi connectivity index (χ0v) is 13.9. The Morgan fingerprint density at radius 3 is 1.41 bits per heavy atom. The molecule has 0 spiro atoms. The fourth-order valence-corrected chi connectivity index (χ4v) is 2.95. The van der Waals surface area contributed by atoms with Gasteiger partial charge in [-0.1, -0.05) is 84.9 Å². The zero-order chi connectivity index (χ0) is 19.7. The minimum Gasteiger partial charge on any atom is -0.374 e. The average Bonchev–Trinajstić information content (AvgIpc) is 2.68. The second-order valence-electron chi connectivity index (χ2n) is 6.09. The predicted molar refractivity (Wildman–Crippen MR) is 92.3 cm³/mol. The number of aliphatic hydroxyl groups is 1. The highest BCUT2D eigenvalue weighted by molar-refractivity contribution is 5.64. The maximum Gasteiger partial charge on any atom is 0.457 e. The molecule has 0 bridgehead atoms. The number of rotatable bonds is 4. The smallest absolute Gasteiger partial charge is 0.374 e. The second-order valence-corrected chi connectivity index (χ2v) is 6.09. The van der Waals surface area contributed by atoms with E-state index in [0.717, 1.165) is 29.8 Å². The van der Waals surface area contributed by atoms with E-state index in [2.05, 4.69) is 0 Å². The summed E-state index contributed by atoms with van der Waals surface area (Å²) >= 11 is 0. The number of halogens is 5. The van der Waals surface area contributed by atoms with Crippen LogP contribution in [0.15, 0.2) is 84.9 Å². The number of hydrogen-bond donors (Lipinski definition) is 1. The van der Waals surface area contributed by atoms with E-state index in [1.54, 1.807) is 30.3 Å². The van der Waals surface area contributed by atoms with Gasteiger partial charge in [0.2, 0.25) is 0 Å². The van der Waals surface area contributed by atoms with Gasteiger partial charge >= 0.3 is 12.1 Å². The van der Waals surface area contributed by atoms with E-state index in [0.29, 0.717) is 5.56 Å². The van der Waals surface area contributed by atoms with E-state index in [1.807, 2.05) is 0 Å². The number of alkyl halides is 5. The van der Waals surface area contributed by atoms with E-state index in [-0.39, 0.29) is 0 Å². The molecule has 1 unspecified atom stereocenters. The summed E-state index contributed by atoms with van der Waals surface area (Å²) in [5, 5.41) is 10.7. The number of benzene rings is 3. The lowest BCUT2D eigenvalue weighted by Crippen LogP contribution is -2.55. The molecule has 3 rings (SSSR count). The van der Waals surface area contributed by atoms with Crippen molar-refractivity contribution >= 4 is 0 Å². The van der Waals surface area contributed by atoms with Gasteiger partial charge in [-0.05, 0) is 22.3 Å². The summed E-state index contributed by atoms with van der Waals surface area (Å²) in [5.41, 5.74) is -3.24. The van der Waals surface area contributed by atoms with Crippen LogP contribution in [-0.4, -0.2) is 17.2 Å². The van der Waals surface area contributed by atoms with E-state index in [9.17, 15) is 27.1 Å². The third-order valence-electron chi connectivity index (χ3n) is 4.41. The van der Waals surface area contributed by atoms with Gasteiger partial charge in [-0.3, -0.25) is 0 Å². The lowest BCUT2D eigenvalue weighted by molar-refractivity contribution is -0.336. The molecular weight excluding hydrogens is 363 g/mol. The fourth-order valence-electron chi connectivity index (χ4n) is 2.95. The Bertz CT molecular complexity index is 889.